The van der Waals surface area contributed by atoms with E-state index in [0.29, 0.717) is 39.6 Å². The van der Waals surface area contributed by atoms with Crippen LogP contribution in [0, 0.1) is 18.7 Å². The molecule has 1 fully saturated rings. The zero-order valence-corrected chi connectivity index (χ0v) is 21.4. The molecule has 1 aliphatic rings. The minimum atomic E-state index is -3.14. The van der Waals surface area contributed by atoms with Crippen molar-refractivity contribution in [3.63, 3.8) is 0 Å². The molecule has 0 spiro atoms. The number of hydrogen-bond acceptors (Lipinski definition) is 11. The van der Waals surface area contributed by atoms with Crippen LogP contribution in [-0.2, 0) is 6.54 Å². The zero-order valence-electron chi connectivity index (χ0n) is 20.6. The second-order valence-electron chi connectivity index (χ2n) is 9.13. The summed E-state index contributed by atoms with van der Waals surface area (Å²) in [5.74, 6) is -1.45. The fraction of sp³-hybridized carbons (Fsp3) is 0.360. The first-order valence-electron chi connectivity index (χ1n) is 12.0. The van der Waals surface area contributed by atoms with Gasteiger partial charge in [-0.05, 0) is 37.1 Å². The molecule has 1 aromatic carbocycles. The number of halogens is 3. The Kier molecular flexibility index (Phi) is 7.79. The number of rotatable bonds is 9. The minimum Gasteiger partial charge on any atom is -0.432 e. The first kappa shape index (κ1) is 27.0. The summed E-state index contributed by atoms with van der Waals surface area (Å²) in [7, 11) is 0. The standard InChI is InChI=1S/C25H25F3N6O4S/c1-11-19(23-33-16-9-29-5-4-18(16)39-23)22(32-15-7-13(10-35)20(36)21(15)37)34-25(31-11)30-8-12-2-3-17(14(26)6-12)38-24(27)28/h2-6,9,13,15,20-21,24,35-37H,7-8,10H2,1H3,(H2,30,31,32,34)/t13-,15?,20-,21+/m1/s1. The van der Waals surface area contributed by atoms with Crippen LogP contribution in [0.2, 0.25) is 0 Å². The fourth-order valence-corrected chi connectivity index (χ4v) is 5.58. The number of fused-ring (bicyclic) bond motifs is 1. The van der Waals surface area contributed by atoms with Gasteiger partial charge >= 0.3 is 6.61 Å². The van der Waals surface area contributed by atoms with Crippen LogP contribution in [0.1, 0.15) is 17.7 Å². The highest BCUT2D eigenvalue weighted by atomic mass is 32.1. The zero-order chi connectivity index (χ0) is 27.7. The number of aromatic nitrogens is 4. The lowest BCUT2D eigenvalue weighted by Gasteiger charge is -2.21. The van der Waals surface area contributed by atoms with E-state index in [1.165, 1.54) is 17.4 Å². The summed E-state index contributed by atoms with van der Waals surface area (Å²) in [6, 6.07) is 4.87. The number of benzene rings is 1. The Morgan fingerprint density at radius 3 is 2.67 bits per heavy atom. The topological polar surface area (TPSA) is 146 Å². The maximum absolute atomic E-state index is 14.1. The molecule has 0 radical (unpaired) electrons. The van der Waals surface area contributed by atoms with Gasteiger partial charge in [-0.3, -0.25) is 4.98 Å². The van der Waals surface area contributed by atoms with Gasteiger partial charge in [0.15, 0.2) is 11.6 Å². The smallest absolute Gasteiger partial charge is 0.387 e. The molecular formula is C25H25F3N6O4S. The molecule has 3 heterocycles. The lowest BCUT2D eigenvalue weighted by molar-refractivity contribution is -0.0522. The van der Waals surface area contributed by atoms with E-state index in [2.05, 4.69) is 35.3 Å². The highest BCUT2D eigenvalue weighted by Crippen LogP contribution is 2.38. The highest BCUT2D eigenvalue weighted by Gasteiger charge is 2.41. The Morgan fingerprint density at radius 1 is 1.15 bits per heavy atom. The largest absolute Gasteiger partial charge is 0.432 e. The summed E-state index contributed by atoms with van der Waals surface area (Å²) in [6.07, 6.45) is 1.38. The normalized spacial score (nSPS) is 21.0. The molecule has 0 aliphatic heterocycles. The summed E-state index contributed by atoms with van der Waals surface area (Å²) in [6.45, 7) is -1.57. The van der Waals surface area contributed by atoms with E-state index in [4.69, 9.17) is 0 Å². The molecule has 10 nitrogen and oxygen atoms in total. The Morgan fingerprint density at radius 2 is 1.97 bits per heavy atom. The molecule has 0 bridgehead atoms. The Balaban J connectivity index is 1.45. The lowest BCUT2D eigenvalue weighted by Crippen LogP contribution is -2.35. The highest BCUT2D eigenvalue weighted by molar-refractivity contribution is 7.21. The van der Waals surface area contributed by atoms with Gasteiger partial charge in [-0.15, -0.1) is 11.3 Å². The third-order valence-electron chi connectivity index (χ3n) is 6.52. The van der Waals surface area contributed by atoms with Crippen LogP contribution in [0.5, 0.6) is 5.75 Å². The van der Waals surface area contributed by atoms with Crippen molar-refractivity contribution in [3.8, 4) is 16.3 Å². The molecule has 5 rings (SSSR count). The molecule has 1 unspecified atom stereocenters. The number of aryl methyl sites for hydroxylation is 1. The molecule has 1 aliphatic carbocycles. The average molecular weight is 563 g/mol. The van der Waals surface area contributed by atoms with E-state index in [0.717, 1.165) is 16.8 Å². The fourth-order valence-electron chi connectivity index (χ4n) is 4.55. The molecule has 4 aromatic rings. The van der Waals surface area contributed by atoms with Crippen molar-refractivity contribution in [2.45, 2.75) is 44.8 Å². The summed E-state index contributed by atoms with van der Waals surface area (Å²) < 4.78 is 44.0. The third-order valence-corrected chi connectivity index (χ3v) is 7.57. The van der Waals surface area contributed by atoms with Crippen LogP contribution in [-0.4, -0.2) is 66.7 Å². The molecule has 4 atom stereocenters. The molecule has 1 saturated carbocycles. The van der Waals surface area contributed by atoms with Gasteiger partial charge in [0, 0.05) is 25.3 Å². The average Bonchev–Trinajstić information content (AvgIpc) is 3.44. The van der Waals surface area contributed by atoms with Crippen LogP contribution >= 0.6 is 11.3 Å². The molecule has 39 heavy (non-hydrogen) atoms. The van der Waals surface area contributed by atoms with E-state index in [1.54, 1.807) is 19.3 Å². The van der Waals surface area contributed by atoms with Crippen LogP contribution in [0.4, 0.5) is 24.9 Å². The molecule has 5 N–H and O–H groups in total. The summed E-state index contributed by atoms with van der Waals surface area (Å²) in [5.41, 5.74) is 2.28. The van der Waals surface area contributed by atoms with Gasteiger partial charge in [0.1, 0.15) is 22.4 Å². The van der Waals surface area contributed by atoms with Crippen LogP contribution < -0.4 is 15.4 Å². The first-order chi connectivity index (χ1) is 18.7. The number of aliphatic hydroxyl groups is 3. The maximum Gasteiger partial charge on any atom is 0.387 e. The molecule has 206 valence electrons. The van der Waals surface area contributed by atoms with Crippen molar-refractivity contribution in [2.75, 3.05) is 17.2 Å². The second-order valence-corrected chi connectivity index (χ2v) is 10.2. The number of thiazole rings is 1. The van der Waals surface area contributed by atoms with E-state index in [-0.39, 0.29) is 19.1 Å². The van der Waals surface area contributed by atoms with Gasteiger partial charge in [0.2, 0.25) is 5.95 Å². The molecule has 3 aromatic heterocycles. The van der Waals surface area contributed by atoms with Crippen molar-refractivity contribution in [1.29, 1.82) is 0 Å². The van der Waals surface area contributed by atoms with Gasteiger partial charge in [-0.25, -0.2) is 14.4 Å². The number of hydrogen-bond donors (Lipinski definition) is 5. The van der Waals surface area contributed by atoms with Crippen molar-refractivity contribution in [2.24, 2.45) is 5.92 Å². The summed E-state index contributed by atoms with van der Waals surface area (Å²) in [5, 5.41) is 37.3. The molecular weight excluding hydrogens is 537 g/mol. The molecule has 14 heteroatoms. The van der Waals surface area contributed by atoms with Crippen molar-refractivity contribution >= 4 is 33.3 Å². The van der Waals surface area contributed by atoms with Crippen LogP contribution in [0.25, 0.3) is 20.8 Å². The predicted molar refractivity (Wildman–Crippen MR) is 138 cm³/mol. The predicted octanol–water partition coefficient (Wildman–Crippen LogP) is 3.32. The SMILES string of the molecule is Cc1nc(NCc2ccc(OC(F)F)c(F)c2)nc(NC2C[C@H](CO)[C@@H](O)[C@H]2O)c1-c1nc2cnccc2s1. The first-order valence-corrected chi connectivity index (χ1v) is 12.8. The van der Waals surface area contributed by atoms with Crippen LogP contribution in [0.15, 0.2) is 36.7 Å². The monoisotopic (exact) mass is 562 g/mol. The van der Waals surface area contributed by atoms with Crippen molar-refractivity contribution < 1.29 is 33.2 Å². The van der Waals surface area contributed by atoms with Crippen molar-refractivity contribution in [1.82, 2.24) is 19.9 Å². The minimum absolute atomic E-state index is 0.0776. The number of aliphatic hydroxyl groups excluding tert-OH is 3. The van der Waals surface area contributed by atoms with Gasteiger partial charge in [-0.2, -0.15) is 13.8 Å². The number of anilines is 2. The number of nitrogens with zero attached hydrogens (tertiary/aromatic N) is 4. The van der Waals surface area contributed by atoms with Gasteiger partial charge in [0.25, 0.3) is 0 Å². The maximum atomic E-state index is 14.1. The Bertz CT molecular complexity index is 1440. The summed E-state index contributed by atoms with van der Waals surface area (Å²) in [4.78, 5) is 17.9. The van der Waals surface area contributed by atoms with E-state index in [9.17, 15) is 28.5 Å². The second kappa shape index (κ2) is 11.3. The number of pyridine rings is 1. The quantitative estimate of drug-likeness (QED) is 0.206. The third kappa shape index (κ3) is 5.73. The lowest BCUT2D eigenvalue weighted by atomic mass is 10.1. The van der Waals surface area contributed by atoms with Crippen molar-refractivity contribution in [3.05, 3.63) is 53.7 Å². The van der Waals surface area contributed by atoms with Gasteiger partial charge in [-0.1, -0.05) is 6.07 Å². The van der Waals surface area contributed by atoms with E-state index < -0.39 is 42.3 Å². The van der Waals surface area contributed by atoms with E-state index in [1.807, 2.05) is 6.07 Å². The van der Waals surface area contributed by atoms with E-state index >= 15 is 0 Å². The Labute approximate surface area is 224 Å². The van der Waals surface area contributed by atoms with Gasteiger partial charge in [0.05, 0.1) is 34.3 Å². The molecule has 0 saturated heterocycles. The van der Waals surface area contributed by atoms with Crippen LogP contribution in [0.3, 0.4) is 0 Å². The number of alkyl halides is 2. The molecule has 0 amide bonds. The number of ether oxygens (including phenoxy) is 1. The Hall–Kier alpha value is -3.59. The summed E-state index contributed by atoms with van der Waals surface area (Å²) >= 11 is 1.42. The number of nitrogens with one attached hydrogen (secondary N) is 2. The van der Waals surface area contributed by atoms with Gasteiger partial charge < -0.3 is 30.7 Å².